The van der Waals surface area contributed by atoms with Crippen molar-refractivity contribution in [1.82, 2.24) is 14.0 Å². The number of piperidine rings is 1. The molecule has 2 aromatic carbocycles. The summed E-state index contributed by atoms with van der Waals surface area (Å²) >= 11 is 5.92. The average Bonchev–Trinajstić information content (AvgIpc) is 2.97. The molecule has 1 amide bonds. The number of likely N-dealkylation sites (tertiary alicyclic amines) is 1. The van der Waals surface area contributed by atoms with Crippen LogP contribution in [0.2, 0.25) is 5.02 Å². The van der Waals surface area contributed by atoms with E-state index in [0.717, 1.165) is 36.1 Å². The number of anilines is 1. The maximum Gasteiger partial charge on any atom is 0.329 e. The van der Waals surface area contributed by atoms with Gasteiger partial charge in [-0.2, -0.15) is 0 Å². The Morgan fingerprint density at radius 1 is 1.23 bits per heavy atom. The van der Waals surface area contributed by atoms with Crippen LogP contribution in [0.1, 0.15) is 31.4 Å². The Balaban J connectivity index is 1.60. The molecule has 0 saturated carbocycles. The Labute approximate surface area is 185 Å². The second-order valence-electron chi connectivity index (χ2n) is 8.04. The molecule has 1 unspecified atom stereocenters. The molecule has 1 atom stereocenters. The van der Waals surface area contributed by atoms with Crippen LogP contribution in [0.25, 0.3) is 11.0 Å². The van der Waals surface area contributed by atoms with Gasteiger partial charge >= 0.3 is 5.69 Å². The second kappa shape index (κ2) is 8.75. The van der Waals surface area contributed by atoms with E-state index in [1.807, 2.05) is 29.7 Å². The minimum Gasteiger partial charge on any atom is -0.385 e. The van der Waals surface area contributed by atoms with E-state index in [1.165, 1.54) is 12.1 Å². The molecule has 2 heterocycles. The smallest absolute Gasteiger partial charge is 0.329 e. The minimum atomic E-state index is -0.453. The molecule has 0 spiro atoms. The molecule has 3 aromatic rings. The van der Waals surface area contributed by atoms with Crippen molar-refractivity contribution in [3.8, 4) is 0 Å². The van der Waals surface area contributed by atoms with Gasteiger partial charge in [-0.3, -0.25) is 13.9 Å². The van der Waals surface area contributed by atoms with Crippen molar-refractivity contribution in [2.75, 3.05) is 25.0 Å². The van der Waals surface area contributed by atoms with Crippen LogP contribution in [0.4, 0.5) is 10.1 Å². The summed E-state index contributed by atoms with van der Waals surface area (Å²) in [5.41, 5.74) is 3.15. The first kappa shape index (κ1) is 21.4. The lowest BCUT2D eigenvalue weighted by atomic mass is 10.0. The van der Waals surface area contributed by atoms with Gasteiger partial charge in [-0.15, -0.1) is 0 Å². The Hall–Kier alpha value is -2.80. The number of nitrogens with one attached hydrogen (secondary N) is 1. The number of amides is 1. The van der Waals surface area contributed by atoms with Gasteiger partial charge in [0.1, 0.15) is 5.82 Å². The molecule has 0 radical (unpaired) electrons. The number of imidazole rings is 1. The summed E-state index contributed by atoms with van der Waals surface area (Å²) in [7, 11) is 1.77. The van der Waals surface area contributed by atoms with E-state index in [9.17, 15) is 14.0 Å². The fourth-order valence-electron chi connectivity index (χ4n) is 4.43. The van der Waals surface area contributed by atoms with Crippen LogP contribution >= 0.6 is 11.6 Å². The monoisotopic (exact) mass is 444 g/mol. The van der Waals surface area contributed by atoms with Crippen molar-refractivity contribution in [2.45, 2.75) is 32.2 Å². The molecule has 1 aromatic heterocycles. The molecule has 0 bridgehead atoms. The van der Waals surface area contributed by atoms with Crippen molar-refractivity contribution in [2.24, 2.45) is 7.05 Å². The largest absolute Gasteiger partial charge is 0.385 e. The molecular formula is C23H26ClFN4O2. The van der Waals surface area contributed by atoms with Crippen LogP contribution in [0.15, 0.2) is 41.2 Å². The number of aryl methyl sites for hydroxylation is 1. The summed E-state index contributed by atoms with van der Waals surface area (Å²) in [4.78, 5) is 27.7. The quantitative estimate of drug-likeness (QED) is 0.647. The summed E-state index contributed by atoms with van der Waals surface area (Å²) in [6.45, 7) is 3.89. The zero-order valence-electron chi connectivity index (χ0n) is 17.7. The Kier molecular flexibility index (Phi) is 6.05. The first-order valence-electron chi connectivity index (χ1n) is 10.5. The number of hydrogen-bond donors (Lipinski definition) is 1. The third-order valence-corrected chi connectivity index (χ3v) is 6.08. The van der Waals surface area contributed by atoms with E-state index >= 15 is 0 Å². The molecule has 164 valence electrons. The Morgan fingerprint density at radius 2 is 2.03 bits per heavy atom. The zero-order valence-corrected chi connectivity index (χ0v) is 18.5. The lowest BCUT2D eigenvalue weighted by Crippen LogP contribution is -2.43. The lowest BCUT2D eigenvalue weighted by Gasteiger charge is -2.33. The van der Waals surface area contributed by atoms with E-state index in [1.54, 1.807) is 22.6 Å². The summed E-state index contributed by atoms with van der Waals surface area (Å²) < 4.78 is 17.1. The second-order valence-corrected chi connectivity index (χ2v) is 8.47. The molecule has 1 N–H and O–H groups in total. The third kappa shape index (κ3) is 4.32. The van der Waals surface area contributed by atoms with Crippen LogP contribution < -0.4 is 11.0 Å². The van der Waals surface area contributed by atoms with Gasteiger partial charge in [0.25, 0.3) is 0 Å². The zero-order chi connectivity index (χ0) is 22.1. The van der Waals surface area contributed by atoms with Crippen molar-refractivity contribution in [1.29, 1.82) is 0 Å². The summed E-state index contributed by atoms with van der Waals surface area (Å²) in [6.07, 6.45) is 1.70. The van der Waals surface area contributed by atoms with Crippen LogP contribution in [0.5, 0.6) is 0 Å². The summed E-state index contributed by atoms with van der Waals surface area (Å²) in [5.74, 6) is -0.543. The van der Waals surface area contributed by atoms with E-state index in [2.05, 4.69) is 5.32 Å². The standard InChI is InChI=1S/C23H26ClFN4O2/c1-3-26-18-6-7-20-21(13-18)29(23(31)27(20)2)19-5-4-8-28(14-19)22(30)11-15-9-16(24)12-17(25)10-15/h6-7,9-10,12-13,19,26H,3-5,8,11,14H2,1-2H3. The maximum absolute atomic E-state index is 13.6. The lowest BCUT2D eigenvalue weighted by molar-refractivity contribution is -0.132. The molecular weight excluding hydrogens is 419 g/mol. The highest BCUT2D eigenvalue weighted by atomic mass is 35.5. The normalized spacial score (nSPS) is 16.6. The fourth-order valence-corrected chi connectivity index (χ4v) is 4.67. The van der Waals surface area contributed by atoms with Gasteiger partial charge in [0.05, 0.1) is 23.5 Å². The number of nitrogens with zero attached hydrogens (tertiary/aromatic N) is 3. The predicted molar refractivity (Wildman–Crippen MR) is 121 cm³/mol. The van der Waals surface area contributed by atoms with Crippen LogP contribution in [0, 0.1) is 5.82 Å². The minimum absolute atomic E-state index is 0.0825. The van der Waals surface area contributed by atoms with Crippen molar-refractivity contribution >= 4 is 34.2 Å². The Morgan fingerprint density at radius 3 is 2.77 bits per heavy atom. The number of aromatic nitrogens is 2. The fraction of sp³-hybridized carbons (Fsp3) is 0.391. The van der Waals surface area contributed by atoms with Gasteiger partial charge < -0.3 is 10.2 Å². The summed E-state index contributed by atoms with van der Waals surface area (Å²) in [6, 6.07) is 9.98. The summed E-state index contributed by atoms with van der Waals surface area (Å²) in [5, 5.41) is 3.57. The number of rotatable bonds is 5. The van der Waals surface area contributed by atoms with Gasteiger partial charge in [0.2, 0.25) is 5.91 Å². The molecule has 4 rings (SSSR count). The molecule has 6 nitrogen and oxygen atoms in total. The number of benzene rings is 2. The number of hydrogen-bond acceptors (Lipinski definition) is 3. The van der Waals surface area contributed by atoms with E-state index in [4.69, 9.17) is 11.6 Å². The molecule has 0 aliphatic carbocycles. The van der Waals surface area contributed by atoms with Crippen molar-refractivity contribution in [3.63, 3.8) is 0 Å². The predicted octanol–water partition coefficient (Wildman–Crippen LogP) is 3.97. The first-order chi connectivity index (χ1) is 14.9. The topological polar surface area (TPSA) is 59.3 Å². The third-order valence-electron chi connectivity index (χ3n) is 5.86. The Bertz CT molecular complexity index is 1170. The molecule has 31 heavy (non-hydrogen) atoms. The van der Waals surface area contributed by atoms with E-state index in [0.29, 0.717) is 18.7 Å². The van der Waals surface area contributed by atoms with Crippen LogP contribution in [-0.2, 0) is 18.3 Å². The van der Waals surface area contributed by atoms with Crippen LogP contribution in [0.3, 0.4) is 0 Å². The van der Waals surface area contributed by atoms with Crippen LogP contribution in [-0.4, -0.2) is 39.6 Å². The molecule has 1 saturated heterocycles. The van der Waals surface area contributed by atoms with Crippen molar-refractivity contribution < 1.29 is 9.18 Å². The molecule has 1 fully saturated rings. The average molecular weight is 445 g/mol. The van der Waals surface area contributed by atoms with E-state index in [-0.39, 0.29) is 29.1 Å². The van der Waals surface area contributed by atoms with Gasteiger partial charge in [-0.1, -0.05) is 11.6 Å². The van der Waals surface area contributed by atoms with Gasteiger partial charge in [-0.25, -0.2) is 9.18 Å². The molecule has 8 heteroatoms. The number of carbonyl (C=O) groups is 1. The van der Waals surface area contributed by atoms with Gasteiger partial charge in [0, 0.05) is 37.4 Å². The SMILES string of the molecule is CCNc1ccc2c(c1)n(C1CCCN(C(=O)Cc3cc(F)cc(Cl)c3)C1)c(=O)n2C. The van der Waals surface area contributed by atoms with Crippen molar-refractivity contribution in [3.05, 3.63) is 63.3 Å². The molecule has 1 aliphatic rings. The number of fused-ring (bicyclic) bond motifs is 1. The maximum atomic E-state index is 13.6. The van der Waals surface area contributed by atoms with Gasteiger partial charge in [0.15, 0.2) is 0 Å². The van der Waals surface area contributed by atoms with Gasteiger partial charge in [-0.05, 0) is 61.7 Å². The number of carbonyl (C=O) groups excluding carboxylic acids is 1. The number of halogens is 2. The highest BCUT2D eigenvalue weighted by molar-refractivity contribution is 6.30. The highest BCUT2D eigenvalue weighted by Gasteiger charge is 2.28. The highest BCUT2D eigenvalue weighted by Crippen LogP contribution is 2.27. The molecule has 1 aliphatic heterocycles. The van der Waals surface area contributed by atoms with E-state index < -0.39 is 5.82 Å². The first-order valence-corrected chi connectivity index (χ1v) is 10.9.